The molecule has 0 fully saturated rings. The van der Waals surface area contributed by atoms with E-state index in [9.17, 15) is 13.2 Å². The topological polar surface area (TPSA) is 72.5 Å². The highest BCUT2D eigenvalue weighted by atomic mass is 32.2. The van der Waals surface area contributed by atoms with Gasteiger partial charge in [0.15, 0.2) is 0 Å². The number of hydrogen-bond acceptors (Lipinski definition) is 4. The Labute approximate surface area is 120 Å². The number of carbonyl (C=O) groups excluding carboxylic acids is 1. The van der Waals surface area contributed by atoms with Crippen LogP contribution < -0.4 is 4.72 Å². The first-order valence-corrected chi connectivity index (χ1v) is 7.95. The zero-order chi connectivity index (χ0) is 15.3. The summed E-state index contributed by atoms with van der Waals surface area (Å²) in [6.07, 6.45) is 0. The molecule has 1 unspecified atom stereocenters. The lowest BCUT2D eigenvalue weighted by atomic mass is 9.99. The second-order valence-corrected chi connectivity index (χ2v) is 6.80. The fraction of sp³-hybridized carbons (Fsp3) is 0.500. The minimum Gasteiger partial charge on any atom is -0.465 e. The van der Waals surface area contributed by atoms with Crippen molar-refractivity contribution in [2.45, 2.75) is 25.7 Å². The molecule has 0 aliphatic carbocycles. The molecule has 0 saturated carbocycles. The molecular weight excluding hydrogens is 278 g/mol. The lowest BCUT2D eigenvalue weighted by molar-refractivity contribution is 0.0596. The molecule has 0 aromatic heterocycles. The van der Waals surface area contributed by atoms with E-state index in [4.69, 9.17) is 0 Å². The van der Waals surface area contributed by atoms with Crippen LogP contribution in [-0.2, 0) is 14.8 Å². The normalized spacial score (nSPS) is 13.2. The fourth-order valence-electron chi connectivity index (χ4n) is 1.53. The summed E-state index contributed by atoms with van der Waals surface area (Å²) >= 11 is 0. The van der Waals surface area contributed by atoms with Gasteiger partial charge in [-0.15, -0.1) is 0 Å². The van der Waals surface area contributed by atoms with Gasteiger partial charge in [0.25, 0.3) is 0 Å². The molecule has 0 spiro atoms. The van der Waals surface area contributed by atoms with Crippen molar-refractivity contribution in [1.82, 2.24) is 4.72 Å². The van der Waals surface area contributed by atoms with Crippen LogP contribution in [0.3, 0.4) is 0 Å². The highest BCUT2D eigenvalue weighted by Crippen LogP contribution is 2.17. The molecule has 1 atom stereocenters. The number of carbonyl (C=O) groups is 1. The maximum atomic E-state index is 12.3. The van der Waals surface area contributed by atoms with Crippen LogP contribution in [-0.4, -0.2) is 28.0 Å². The van der Waals surface area contributed by atoms with Gasteiger partial charge in [-0.25, -0.2) is 17.9 Å². The van der Waals surface area contributed by atoms with E-state index in [0.717, 1.165) is 0 Å². The molecule has 112 valence electrons. The molecule has 5 nitrogen and oxygen atoms in total. The van der Waals surface area contributed by atoms with Gasteiger partial charge in [-0.05, 0) is 24.0 Å². The molecule has 0 radical (unpaired) electrons. The Morgan fingerprint density at radius 1 is 1.25 bits per heavy atom. The Bertz CT molecular complexity index is 566. The van der Waals surface area contributed by atoms with Crippen molar-refractivity contribution in [2.24, 2.45) is 11.8 Å². The van der Waals surface area contributed by atoms with Crippen LogP contribution in [0.25, 0.3) is 0 Å². The number of ether oxygens (including phenoxy) is 1. The number of hydrogen-bond donors (Lipinski definition) is 1. The lowest BCUT2D eigenvalue weighted by Gasteiger charge is -2.17. The molecule has 0 bridgehead atoms. The van der Waals surface area contributed by atoms with Gasteiger partial charge in [0, 0.05) is 6.54 Å². The van der Waals surface area contributed by atoms with Crippen molar-refractivity contribution in [1.29, 1.82) is 0 Å². The van der Waals surface area contributed by atoms with Gasteiger partial charge in [-0.3, -0.25) is 0 Å². The predicted molar refractivity (Wildman–Crippen MR) is 77.0 cm³/mol. The summed E-state index contributed by atoms with van der Waals surface area (Å²) in [5, 5.41) is 0. The van der Waals surface area contributed by atoms with Gasteiger partial charge < -0.3 is 4.74 Å². The lowest BCUT2D eigenvalue weighted by Crippen LogP contribution is -2.31. The van der Waals surface area contributed by atoms with E-state index in [-0.39, 0.29) is 16.4 Å². The van der Waals surface area contributed by atoms with Gasteiger partial charge in [0.2, 0.25) is 10.0 Å². The van der Waals surface area contributed by atoms with Crippen LogP contribution in [0.4, 0.5) is 0 Å². The summed E-state index contributed by atoms with van der Waals surface area (Å²) in [4.78, 5) is 11.6. The smallest absolute Gasteiger partial charge is 0.339 e. The van der Waals surface area contributed by atoms with Crippen LogP contribution in [0.5, 0.6) is 0 Å². The average molecular weight is 299 g/mol. The second kappa shape index (κ2) is 6.85. The van der Waals surface area contributed by atoms with Crippen LogP contribution in [0.2, 0.25) is 0 Å². The van der Waals surface area contributed by atoms with Crippen molar-refractivity contribution in [3.63, 3.8) is 0 Å². The van der Waals surface area contributed by atoms with Crippen LogP contribution >= 0.6 is 0 Å². The molecule has 1 N–H and O–H groups in total. The number of sulfonamides is 1. The van der Waals surface area contributed by atoms with E-state index in [1.54, 1.807) is 12.1 Å². The summed E-state index contributed by atoms with van der Waals surface area (Å²) in [6, 6.07) is 6.01. The largest absolute Gasteiger partial charge is 0.465 e. The highest BCUT2D eigenvalue weighted by Gasteiger charge is 2.23. The Balaban J connectivity index is 3.01. The number of methoxy groups -OCH3 is 1. The van der Waals surface area contributed by atoms with E-state index in [1.807, 2.05) is 20.8 Å². The highest BCUT2D eigenvalue weighted by molar-refractivity contribution is 7.89. The maximum Gasteiger partial charge on any atom is 0.339 e. The third kappa shape index (κ3) is 4.05. The summed E-state index contributed by atoms with van der Waals surface area (Å²) in [6.45, 7) is 6.36. The summed E-state index contributed by atoms with van der Waals surface area (Å²) in [5.41, 5.74) is 0.0414. The predicted octanol–water partition coefficient (Wildman–Crippen LogP) is 2.04. The zero-order valence-corrected chi connectivity index (χ0v) is 13.0. The van der Waals surface area contributed by atoms with Crippen molar-refractivity contribution < 1.29 is 17.9 Å². The second-order valence-electron chi connectivity index (χ2n) is 5.06. The van der Waals surface area contributed by atoms with Crippen LogP contribution in [0.15, 0.2) is 29.2 Å². The first-order chi connectivity index (χ1) is 9.29. The summed E-state index contributed by atoms with van der Waals surface area (Å²) in [5.74, 6) is -0.0912. The molecule has 0 amide bonds. The Morgan fingerprint density at radius 2 is 1.85 bits per heavy atom. The quantitative estimate of drug-likeness (QED) is 0.816. The number of rotatable bonds is 6. The number of esters is 1. The minimum atomic E-state index is -3.73. The fourth-order valence-corrected chi connectivity index (χ4v) is 2.87. The molecule has 1 aromatic rings. The minimum absolute atomic E-state index is 0.0414. The Morgan fingerprint density at radius 3 is 2.40 bits per heavy atom. The van der Waals surface area contributed by atoms with E-state index < -0.39 is 16.0 Å². The van der Waals surface area contributed by atoms with Crippen molar-refractivity contribution in [2.75, 3.05) is 13.7 Å². The molecule has 1 rings (SSSR count). The van der Waals surface area contributed by atoms with Crippen LogP contribution in [0.1, 0.15) is 31.1 Å². The monoisotopic (exact) mass is 299 g/mol. The summed E-state index contributed by atoms with van der Waals surface area (Å²) < 4.78 is 31.7. The van der Waals surface area contributed by atoms with E-state index in [1.165, 1.54) is 19.2 Å². The van der Waals surface area contributed by atoms with E-state index in [0.29, 0.717) is 12.5 Å². The maximum absolute atomic E-state index is 12.3. The molecule has 6 heteroatoms. The first kappa shape index (κ1) is 16.7. The molecule has 0 heterocycles. The Kier molecular flexibility index (Phi) is 5.71. The third-order valence-electron chi connectivity index (χ3n) is 3.32. The zero-order valence-electron chi connectivity index (χ0n) is 12.2. The number of benzene rings is 1. The van der Waals surface area contributed by atoms with Gasteiger partial charge in [0.1, 0.15) is 0 Å². The van der Waals surface area contributed by atoms with Gasteiger partial charge in [-0.1, -0.05) is 32.9 Å². The molecular formula is C14H21NO4S. The third-order valence-corrected chi connectivity index (χ3v) is 4.80. The SMILES string of the molecule is COC(=O)c1ccccc1S(=O)(=O)NCC(C)C(C)C. The molecule has 20 heavy (non-hydrogen) atoms. The molecule has 0 saturated heterocycles. The molecule has 0 aliphatic rings. The first-order valence-electron chi connectivity index (χ1n) is 6.46. The average Bonchev–Trinajstić information content (AvgIpc) is 2.43. The van der Waals surface area contributed by atoms with Crippen molar-refractivity contribution in [3.8, 4) is 0 Å². The van der Waals surface area contributed by atoms with Crippen LogP contribution in [0, 0.1) is 11.8 Å². The van der Waals surface area contributed by atoms with E-state index in [2.05, 4.69) is 9.46 Å². The van der Waals surface area contributed by atoms with Gasteiger partial charge in [0.05, 0.1) is 17.6 Å². The number of nitrogens with one attached hydrogen (secondary N) is 1. The molecule has 0 aliphatic heterocycles. The van der Waals surface area contributed by atoms with Crippen molar-refractivity contribution in [3.05, 3.63) is 29.8 Å². The standard InChI is InChI=1S/C14H21NO4S/c1-10(2)11(3)9-15-20(17,18)13-8-6-5-7-12(13)14(16)19-4/h5-8,10-11,15H,9H2,1-4H3. The summed E-state index contributed by atoms with van der Waals surface area (Å²) in [7, 11) is -2.50. The van der Waals surface area contributed by atoms with Gasteiger partial charge >= 0.3 is 5.97 Å². The Hall–Kier alpha value is -1.40. The molecule has 1 aromatic carbocycles. The van der Waals surface area contributed by atoms with E-state index >= 15 is 0 Å². The van der Waals surface area contributed by atoms with Gasteiger partial charge in [-0.2, -0.15) is 0 Å². The van der Waals surface area contributed by atoms with Crippen molar-refractivity contribution >= 4 is 16.0 Å².